The van der Waals surface area contributed by atoms with Gasteiger partial charge in [0.25, 0.3) is 0 Å². The highest BCUT2D eigenvalue weighted by Gasteiger charge is 2.35. The minimum Gasteiger partial charge on any atom is -0.297 e. The number of halogens is 1. The molecule has 2 rings (SSSR count). The average molecular weight is 310 g/mol. The summed E-state index contributed by atoms with van der Waals surface area (Å²) in [6, 6.07) is 8.22. The average Bonchev–Trinajstić information content (AvgIpc) is 2.75. The van der Waals surface area contributed by atoms with Gasteiger partial charge in [-0.05, 0) is 57.8 Å². The minimum atomic E-state index is 0.0122. The zero-order valence-corrected chi connectivity index (χ0v) is 14.0. The van der Waals surface area contributed by atoms with Crippen LogP contribution in [-0.2, 0) is 6.42 Å². The van der Waals surface area contributed by atoms with Crippen molar-refractivity contribution in [1.82, 2.24) is 10.3 Å². The predicted octanol–water partition coefficient (Wildman–Crippen LogP) is 3.37. The Bertz CT molecular complexity index is 439. The van der Waals surface area contributed by atoms with E-state index < -0.39 is 0 Å². The molecule has 1 atom stereocenters. The van der Waals surface area contributed by atoms with Gasteiger partial charge in [-0.3, -0.25) is 16.2 Å². The summed E-state index contributed by atoms with van der Waals surface area (Å²) >= 11 is 6.31. The highest BCUT2D eigenvalue weighted by atomic mass is 35.5. The summed E-state index contributed by atoms with van der Waals surface area (Å²) in [6.07, 6.45) is 6.11. The van der Waals surface area contributed by atoms with Gasteiger partial charge >= 0.3 is 0 Å². The topological polar surface area (TPSA) is 41.3 Å². The molecule has 1 heterocycles. The lowest BCUT2D eigenvalue weighted by Crippen LogP contribution is -2.60. The van der Waals surface area contributed by atoms with E-state index in [0.717, 1.165) is 30.1 Å². The van der Waals surface area contributed by atoms with Crippen LogP contribution >= 0.6 is 11.6 Å². The van der Waals surface area contributed by atoms with Crippen molar-refractivity contribution in [3.05, 3.63) is 34.9 Å². The summed E-state index contributed by atoms with van der Waals surface area (Å²) in [5.41, 5.74) is 4.21. The first kappa shape index (κ1) is 16.8. The molecule has 1 aliphatic rings. The second-order valence-corrected chi connectivity index (χ2v) is 6.98. The molecule has 0 aliphatic carbocycles. The molecule has 0 saturated carbocycles. The Morgan fingerprint density at radius 2 is 1.81 bits per heavy atom. The molecular weight excluding hydrogens is 282 g/mol. The van der Waals surface area contributed by atoms with E-state index in [1.54, 1.807) is 0 Å². The Hall–Kier alpha value is -0.610. The van der Waals surface area contributed by atoms with Gasteiger partial charge in [-0.25, -0.2) is 0 Å². The van der Waals surface area contributed by atoms with Crippen LogP contribution in [0.25, 0.3) is 0 Å². The second kappa shape index (κ2) is 7.59. The largest absolute Gasteiger partial charge is 0.297 e. The first-order chi connectivity index (χ1) is 10.1. The van der Waals surface area contributed by atoms with Crippen LogP contribution in [0.2, 0.25) is 5.02 Å². The molecule has 3 nitrogen and oxygen atoms in total. The van der Waals surface area contributed by atoms with E-state index in [1.807, 2.05) is 18.2 Å². The van der Waals surface area contributed by atoms with E-state index in [2.05, 4.69) is 30.2 Å². The molecule has 1 fully saturated rings. The fourth-order valence-corrected chi connectivity index (χ4v) is 3.48. The lowest BCUT2D eigenvalue weighted by Gasteiger charge is -2.44. The molecule has 1 aliphatic heterocycles. The molecule has 1 aromatic rings. The zero-order chi connectivity index (χ0) is 15.3. The summed E-state index contributed by atoms with van der Waals surface area (Å²) in [7, 11) is 0. The van der Waals surface area contributed by atoms with Crippen LogP contribution < -0.4 is 11.3 Å². The summed E-state index contributed by atoms with van der Waals surface area (Å²) in [6.45, 7) is 6.90. The first-order valence-corrected chi connectivity index (χ1v) is 8.38. The van der Waals surface area contributed by atoms with Gasteiger partial charge in [0.15, 0.2) is 0 Å². The molecule has 3 N–H and O–H groups in total. The van der Waals surface area contributed by atoms with Crippen LogP contribution in [0, 0.1) is 0 Å². The molecule has 1 aromatic carbocycles. The van der Waals surface area contributed by atoms with E-state index in [1.165, 1.54) is 25.7 Å². The molecular formula is C17H28ClN3. The third kappa shape index (κ3) is 4.19. The fourth-order valence-electron chi connectivity index (χ4n) is 3.26. The molecule has 0 amide bonds. The van der Waals surface area contributed by atoms with Gasteiger partial charge in [-0.1, -0.05) is 42.6 Å². The molecule has 1 saturated heterocycles. The normalized spacial score (nSPS) is 19.2. The maximum atomic E-state index is 6.31. The van der Waals surface area contributed by atoms with Gasteiger partial charge in [0.05, 0.1) is 0 Å². The van der Waals surface area contributed by atoms with Crippen molar-refractivity contribution in [2.45, 2.75) is 57.5 Å². The molecule has 21 heavy (non-hydrogen) atoms. The van der Waals surface area contributed by atoms with Gasteiger partial charge in [0, 0.05) is 16.6 Å². The van der Waals surface area contributed by atoms with Crippen LogP contribution in [0.15, 0.2) is 24.3 Å². The number of hydrogen-bond donors (Lipinski definition) is 2. The summed E-state index contributed by atoms with van der Waals surface area (Å²) < 4.78 is 0. The van der Waals surface area contributed by atoms with Crippen LogP contribution in [-0.4, -0.2) is 29.6 Å². The van der Waals surface area contributed by atoms with Crippen LogP contribution in [0.1, 0.15) is 45.1 Å². The van der Waals surface area contributed by atoms with Crippen molar-refractivity contribution in [1.29, 1.82) is 0 Å². The molecule has 0 aromatic heterocycles. The van der Waals surface area contributed by atoms with Gasteiger partial charge in [-0.2, -0.15) is 0 Å². The number of hydrazine groups is 1. The van der Waals surface area contributed by atoms with Gasteiger partial charge in [0.2, 0.25) is 0 Å². The van der Waals surface area contributed by atoms with Crippen LogP contribution in [0.3, 0.4) is 0 Å². The molecule has 4 heteroatoms. The van der Waals surface area contributed by atoms with E-state index in [0.29, 0.717) is 0 Å². The van der Waals surface area contributed by atoms with Crippen molar-refractivity contribution in [2.24, 2.45) is 5.84 Å². The van der Waals surface area contributed by atoms with Gasteiger partial charge in [-0.15, -0.1) is 0 Å². The monoisotopic (exact) mass is 309 g/mol. The lowest BCUT2D eigenvalue weighted by molar-refractivity contribution is 0.0835. The Morgan fingerprint density at radius 1 is 1.19 bits per heavy atom. The maximum Gasteiger partial charge on any atom is 0.0438 e. The smallest absolute Gasteiger partial charge is 0.0438 e. The van der Waals surface area contributed by atoms with Crippen LogP contribution in [0.5, 0.6) is 0 Å². The van der Waals surface area contributed by atoms with E-state index >= 15 is 0 Å². The third-order valence-electron chi connectivity index (χ3n) is 4.86. The highest BCUT2D eigenvalue weighted by molar-refractivity contribution is 6.31. The fraction of sp³-hybridized carbons (Fsp3) is 0.647. The molecule has 118 valence electrons. The summed E-state index contributed by atoms with van der Waals surface area (Å²) in [5, 5.41) is 0.824. The Labute approximate surface area is 133 Å². The highest BCUT2D eigenvalue weighted by Crippen LogP contribution is 2.27. The number of likely N-dealkylation sites (tertiary alicyclic amines) is 1. The van der Waals surface area contributed by atoms with Crippen LogP contribution in [0.4, 0.5) is 0 Å². The van der Waals surface area contributed by atoms with Crippen molar-refractivity contribution < 1.29 is 0 Å². The third-order valence-corrected chi connectivity index (χ3v) is 5.23. The molecule has 0 bridgehead atoms. The minimum absolute atomic E-state index is 0.0122. The number of nitrogens with one attached hydrogen (secondary N) is 1. The number of nitrogens with zero attached hydrogens (tertiary/aromatic N) is 1. The zero-order valence-electron chi connectivity index (χ0n) is 13.2. The molecule has 1 unspecified atom stereocenters. The van der Waals surface area contributed by atoms with Gasteiger partial charge < -0.3 is 0 Å². The van der Waals surface area contributed by atoms with Crippen molar-refractivity contribution in [2.75, 3.05) is 13.1 Å². The quantitative estimate of drug-likeness (QED) is 0.647. The Morgan fingerprint density at radius 3 is 2.38 bits per heavy atom. The summed E-state index contributed by atoms with van der Waals surface area (Å²) in [4.78, 5) is 2.58. The SMILES string of the molecule is CC(C)(C(Cc1ccccc1Cl)NN)N1CCCCCC1. The van der Waals surface area contributed by atoms with E-state index in [-0.39, 0.29) is 11.6 Å². The number of nitrogens with two attached hydrogens (primary N) is 1. The number of hydrogen-bond acceptors (Lipinski definition) is 3. The maximum absolute atomic E-state index is 6.31. The predicted molar refractivity (Wildman–Crippen MR) is 90.4 cm³/mol. The molecule has 0 spiro atoms. The standard InChI is InChI=1S/C17H28ClN3/c1-17(2,21-11-7-3-4-8-12-21)16(20-19)13-14-9-5-6-10-15(14)18/h5-6,9-10,16,20H,3-4,7-8,11-13,19H2,1-2H3. The summed E-state index contributed by atoms with van der Waals surface area (Å²) in [5.74, 6) is 5.88. The number of rotatable bonds is 5. The van der Waals surface area contributed by atoms with E-state index in [9.17, 15) is 0 Å². The van der Waals surface area contributed by atoms with Crippen molar-refractivity contribution in [3.8, 4) is 0 Å². The van der Waals surface area contributed by atoms with Crippen molar-refractivity contribution >= 4 is 11.6 Å². The Kier molecular flexibility index (Phi) is 6.06. The first-order valence-electron chi connectivity index (χ1n) is 8.00. The van der Waals surface area contributed by atoms with Crippen molar-refractivity contribution in [3.63, 3.8) is 0 Å². The van der Waals surface area contributed by atoms with Gasteiger partial charge in [0.1, 0.15) is 0 Å². The lowest BCUT2D eigenvalue weighted by atomic mass is 9.87. The number of benzene rings is 1. The molecule has 0 radical (unpaired) electrons. The second-order valence-electron chi connectivity index (χ2n) is 6.57. The Balaban J connectivity index is 2.12. The van der Waals surface area contributed by atoms with E-state index in [4.69, 9.17) is 17.4 Å².